The molecule has 0 amide bonds. The van der Waals surface area contributed by atoms with Gasteiger partial charge in [0.15, 0.2) is 0 Å². The Hall–Kier alpha value is -2.28. The molecule has 2 heterocycles. The number of aliphatic hydroxyl groups excluding tert-OH is 1. The first-order valence-electron chi connectivity index (χ1n) is 13.7. The first kappa shape index (κ1) is 25.0. The lowest BCUT2D eigenvalue weighted by Gasteiger charge is -2.48. The summed E-state index contributed by atoms with van der Waals surface area (Å²) in [6, 6.07) is 11.5. The van der Waals surface area contributed by atoms with E-state index in [1.54, 1.807) is 12.1 Å². The number of hydrogen-bond acceptors (Lipinski definition) is 5. The molecule has 2 aliphatic carbocycles. The van der Waals surface area contributed by atoms with Gasteiger partial charge in [-0.25, -0.2) is 4.79 Å². The highest BCUT2D eigenvalue weighted by atomic mass is 35.5. The number of carbonyl (C=O) groups is 1. The number of aryl methyl sites for hydroxylation is 1. The smallest absolute Gasteiger partial charge is 0.335 e. The second-order valence-electron chi connectivity index (χ2n) is 11.7. The van der Waals surface area contributed by atoms with Crippen LogP contribution in [0, 0.1) is 11.8 Å². The zero-order valence-electron chi connectivity index (χ0n) is 21.4. The van der Waals surface area contributed by atoms with Gasteiger partial charge in [-0.2, -0.15) is 0 Å². The molecule has 0 aromatic heterocycles. The van der Waals surface area contributed by atoms with E-state index >= 15 is 0 Å². The van der Waals surface area contributed by atoms with Gasteiger partial charge in [0, 0.05) is 23.5 Å². The van der Waals surface area contributed by atoms with E-state index in [1.165, 1.54) is 11.1 Å². The number of ether oxygens (including phenoxy) is 2. The van der Waals surface area contributed by atoms with E-state index in [2.05, 4.69) is 24.0 Å². The average Bonchev–Trinajstić information content (AvgIpc) is 2.98. The summed E-state index contributed by atoms with van der Waals surface area (Å²) >= 11 is 6.36. The Kier molecular flexibility index (Phi) is 6.62. The van der Waals surface area contributed by atoms with Crippen molar-refractivity contribution >= 4 is 23.3 Å². The number of hydrogen-bond donors (Lipinski definition) is 2. The second-order valence-corrected chi connectivity index (χ2v) is 12.1. The van der Waals surface area contributed by atoms with Gasteiger partial charge < -0.3 is 24.6 Å². The number of rotatable bonds is 4. The number of aliphatic hydroxyl groups is 1. The van der Waals surface area contributed by atoms with Gasteiger partial charge in [0.2, 0.25) is 0 Å². The largest absolute Gasteiger partial charge is 0.490 e. The lowest BCUT2D eigenvalue weighted by molar-refractivity contribution is -0.135. The van der Waals surface area contributed by atoms with E-state index in [9.17, 15) is 15.0 Å². The molecular formula is C30H36ClNO5. The van der Waals surface area contributed by atoms with Crippen LogP contribution in [0.3, 0.4) is 0 Å². The number of carboxylic acids is 1. The van der Waals surface area contributed by atoms with E-state index in [1.807, 2.05) is 12.1 Å². The monoisotopic (exact) mass is 525 g/mol. The highest BCUT2D eigenvalue weighted by Crippen LogP contribution is 2.47. The molecular weight excluding hydrogens is 490 g/mol. The number of aromatic carboxylic acids is 1. The van der Waals surface area contributed by atoms with Crippen LogP contribution in [0.15, 0.2) is 36.4 Å². The third kappa shape index (κ3) is 4.73. The molecule has 6 atom stereocenters. The van der Waals surface area contributed by atoms with Gasteiger partial charge in [-0.15, -0.1) is 0 Å². The van der Waals surface area contributed by atoms with E-state index in [0.29, 0.717) is 31.3 Å². The molecule has 7 heteroatoms. The van der Waals surface area contributed by atoms with E-state index in [0.717, 1.165) is 61.7 Å². The third-order valence-electron chi connectivity index (χ3n) is 9.21. The van der Waals surface area contributed by atoms with Crippen LogP contribution < -0.4 is 9.64 Å². The van der Waals surface area contributed by atoms with Gasteiger partial charge in [0.1, 0.15) is 5.75 Å². The minimum atomic E-state index is -0.931. The number of carboxylic acid groups (broad SMARTS) is 1. The van der Waals surface area contributed by atoms with Crippen LogP contribution in [-0.4, -0.2) is 54.2 Å². The highest BCUT2D eigenvalue weighted by molar-refractivity contribution is 6.30. The summed E-state index contributed by atoms with van der Waals surface area (Å²) in [7, 11) is 0. The van der Waals surface area contributed by atoms with Gasteiger partial charge in [0.25, 0.3) is 0 Å². The zero-order valence-corrected chi connectivity index (χ0v) is 22.1. The van der Waals surface area contributed by atoms with Crippen molar-refractivity contribution in [3.05, 3.63) is 58.1 Å². The molecule has 1 unspecified atom stereocenters. The minimum Gasteiger partial charge on any atom is -0.490 e. The normalized spacial score (nSPS) is 33.1. The first-order valence-corrected chi connectivity index (χ1v) is 14.1. The summed E-state index contributed by atoms with van der Waals surface area (Å²) in [5.74, 6) is 0.643. The maximum absolute atomic E-state index is 11.9. The van der Waals surface area contributed by atoms with Gasteiger partial charge in [-0.3, -0.25) is 0 Å². The maximum atomic E-state index is 11.9. The Bertz CT molecular complexity index is 1180. The summed E-state index contributed by atoms with van der Waals surface area (Å²) in [6.45, 7) is 4.20. The fraction of sp³-hybridized carbons (Fsp3) is 0.567. The quantitative estimate of drug-likeness (QED) is 0.551. The fourth-order valence-electron chi connectivity index (χ4n) is 7.27. The van der Waals surface area contributed by atoms with Crippen molar-refractivity contribution in [1.82, 2.24) is 0 Å². The lowest BCUT2D eigenvalue weighted by Crippen LogP contribution is -2.51. The Morgan fingerprint density at radius 2 is 2.05 bits per heavy atom. The molecule has 2 aromatic carbocycles. The average molecular weight is 526 g/mol. The van der Waals surface area contributed by atoms with Gasteiger partial charge in [0.05, 0.1) is 36.2 Å². The minimum absolute atomic E-state index is 0.0780. The Balaban J connectivity index is 1.34. The fourth-order valence-corrected chi connectivity index (χ4v) is 7.47. The summed E-state index contributed by atoms with van der Waals surface area (Å²) in [5, 5.41) is 20.9. The SMILES string of the molecule is C[C@@H]1C[C@H](O)C[C@@H]([C@@H]2CC[C@H]2CN2CC3(CCCc4cc(Cl)ccc43)COc3ccc(C(=O)O)cc32)O1. The molecule has 6 nitrogen and oxygen atoms in total. The molecule has 4 aliphatic rings. The summed E-state index contributed by atoms with van der Waals surface area (Å²) < 4.78 is 12.8. The van der Waals surface area contributed by atoms with Crippen molar-refractivity contribution in [3.63, 3.8) is 0 Å². The molecule has 2 fully saturated rings. The summed E-state index contributed by atoms with van der Waals surface area (Å²) in [6.07, 6.45) is 6.58. The van der Waals surface area contributed by atoms with Crippen molar-refractivity contribution in [2.75, 3.05) is 24.6 Å². The van der Waals surface area contributed by atoms with Crippen LogP contribution in [-0.2, 0) is 16.6 Å². The molecule has 2 aliphatic heterocycles. The molecule has 0 bridgehead atoms. The van der Waals surface area contributed by atoms with Gasteiger partial charge >= 0.3 is 5.97 Å². The third-order valence-corrected chi connectivity index (χ3v) is 9.44. The standard InChI is InChI=1S/C30H36ClNO5/c1-18-11-23(33)14-28(37-18)24-7-4-21(24)15-32-16-30(10-2-3-19-12-22(31)6-8-25(19)30)17-36-27-9-5-20(29(34)35)13-26(27)32/h5-6,8-9,12-13,18,21,23-24,28,33H,2-4,7,10-11,14-17H2,1H3,(H,34,35)/t18-,21+,23+,24-,28+,30?/m1/s1. The number of halogens is 1. The zero-order chi connectivity index (χ0) is 25.7. The predicted molar refractivity (Wildman–Crippen MR) is 143 cm³/mol. The van der Waals surface area contributed by atoms with Gasteiger partial charge in [-0.05, 0) is 105 Å². The van der Waals surface area contributed by atoms with Crippen LogP contribution in [0.25, 0.3) is 0 Å². The lowest BCUT2D eigenvalue weighted by atomic mass is 9.67. The molecule has 1 saturated heterocycles. The van der Waals surface area contributed by atoms with Crippen LogP contribution in [0.5, 0.6) is 5.75 Å². The van der Waals surface area contributed by atoms with E-state index in [-0.39, 0.29) is 29.3 Å². The Morgan fingerprint density at radius 3 is 2.81 bits per heavy atom. The number of nitrogens with zero attached hydrogens (tertiary/aromatic N) is 1. The first-order chi connectivity index (χ1) is 17.8. The van der Waals surface area contributed by atoms with Crippen molar-refractivity contribution in [1.29, 1.82) is 0 Å². The van der Waals surface area contributed by atoms with Gasteiger partial charge in [-0.1, -0.05) is 17.7 Å². The highest BCUT2D eigenvalue weighted by Gasteiger charge is 2.45. The van der Waals surface area contributed by atoms with Crippen LogP contribution in [0.2, 0.25) is 5.02 Å². The van der Waals surface area contributed by atoms with E-state index in [4.69, 9.17) is 21.1 Å². The second kappa shape index (κ2) is 9.79. The summed E-state index contributed by atoms with van der Waals surface area (Å²) in [4.78, 5) is 14.3. The molecule has 1 spiro atoms. The van der Waals surface area contributed by atoms with Crippen molar-refractivity contribution < 1.29 is 24.5 Å². The summed E-state index contributed by atoms with van der Waals surface area (Å²) in [5.41, 5.74) is 3.54. The van der Waals surface area contributed by atoms with E-state index < -0.39 is 5.97 Å². The topological polar surface area (TPSA) is 79.2 Å². The molecule has 37 heavy (non-hydrogen) atoms. The molecule has 1 saturated carbocycles. The number of benzene rings is 2. The molecule has 2 aromatic rings. The van der Waals surface area contributed by atoms with Crippen molar-refractivity contribution in [2.24, 2.45) is 11.8 Å². The molecule has 0 radical (unpaired) electrons. The molecule has 2 N–H and O–H groups in total. The predicted octanol–water partition coefficient (Wildman–Crippen LogP) is 5.47. The van der Waals surface area contributed by atoms with Crippen LogP contribution in [0.1, 0.15) is 66.9 Å². The van der Waals surface area contributed by atoms with Crippen molar-refractivity contribution in [2.45, 2.75) is 75.6 Å². The molecule has 6 rings (SSSR count). The Labute approximate surface area is 223 Å². The van der Waals surface area contributed by atoms with Crippen LogP contribution in [0.4, 0.5) is 5.69 Å². The molecule has 198 valence electrons. The Morgan fingerprint density at radius 1 is 1.19 bits per heavy atom. The van der Waals surface area contributed by atoms with Crippen LogP contribution >= 0.6 is 11.6 Å². The van der Waals surface area contributed by atoms with Crippen molar-refractivity contribution in [3.8, 4) is 5.75 Å². The number of fused-ring (bicyclic) bond motifs is 3. The number of anilines is 1. The maximum Gasteiger partial charge on any atom is 0.335 e.